The molecule has 0 radical (unpaired) electrons. The summed E-state index contributed by atoms with van der Waals surface area (Å²) in [6.45, 7) is 5.96. The minimum Gasteiger partial charge on any atom is -0.459 e. The molecule has 2 saturated heterocycles. The number of nitrogens with zero attached hydrogens (tertiary/aromatic N) is 4. The SMILES string of the molecule is N#CC1CN(CC(Cc2nc[nH]c(=O)c2OCOP(O)O)c2ccc(C#Cc3ccc(CN4CCOCC4)cc3)cc2)C1. The predicted octanol–water partition coefficient (Wildman–Crippen LogP) is 2.35. The molecule has 0 aliphatic carbocycles. The molecule has 0 amide bonds. The van der Waals surface area contributed by atoms with Crippen molar-refractivity contribution in [3.8, 4) is 23.7 Å². The summed E-state index contributed by atoms with van der Waals surface area (Å²) in [6.07, 6.45) is 1.71. The van der Waals surface area contributed by atoms with E-state index in [1.165, 1.54) is 11.9 Å². The maximum absolute atomic E-state index is 12.5. The van der Waals surface area contributed by atoms with Crippen molar-refractivity contribution in [1.29, 1.82) is 5.26 Å². The number of benzene rings is 2. The van der Waals surface area contributed by atoms with Crippen LogP contribution in [0.25, 0.3) is 0 Å². The van der Waals surface area contributed by atoms with Gasteiger partial charge in [0, 0.05) is 62.7 Å². The Kier molecular flexibility index (Phi) is 10.9. The zero-order chi connectivity index (χ0) is 30.0. The molecule has 2 aliphatic rings. The van der Waals surface area contributed by atoms with Crippen LogP contribution in [0.5, 0.6) is 5.75 Å². The Labute approximate surface area is 251 Å². The number of likely N-dealkylation sites (tertiary alicyclic amines) is 1. The van der Waals surface area contributed by atoms with Crippen molar-refractivity contribution >= 4 is 8.60 Å². The van der Waals surface area contributed by atoms with Gasteiger partial charge in [-0.05, 0) is 35.4 Å². The third-order valence-corrected chi connectivity index (χ3v) is 7.85. The van der Waals surface area contributed by atoms with Crippen molar-refractivity contribution in [3.63, 3.8) is 0 Å². The zero-order valence-corrected chi connectivity index (χ0v) is 24.6. The molecule has 5 rings (SSSR count). The van der Waals surface area contributed by atoms with E-state index in [1.54, 1.807) is 0 Å². The maximum Gasteiger partial charge on any atom is 0.330 e. The van der Waals surface area contributed by atoms with E-state index in [9.17, 15) is 10.1 Å². The van der Waals surface area contributed by atoms with Crippen molar-refractivity contribution in [2.45, 2.75) is 18.9 Å². The highest BCUT2D eigenvalue weighted by Crippen LogP contribution is 2.29. The first-order chi connectivity index (χ1) is 21.0. The lowest BCUT2D eigenvalue weighted by molar-refractivity contribution is 0.0342. The van der Waals surface area contributed by atoms with Gasteiger partial charge in [0.05, 0.1) is 37.2 Å². The topological polar surface area (TPSA) is 144 Å². The van der Waals surface area contributed by atoms with Gasteiger partial charge >= 0.3 is 8.60 Å². The maximum atomic E-state index is 12.5. The second-order valence-corrected chi connectivity index (χ2v) is 11.3. The Hall–Kier alpha value is -3.64. The average molecular weight is 604 g/mol. The van der Waals surface area contributed by atoms with Crippen LogP contribution < -0.4 is 10.3 Å². The molecule has 1 unspecified atom stereocenters. The summed E-state index contributed by atoms with van der Waals surface area (Å²) in [4.78, 5) is 41.9. The molecule has 3 aromatic rings. The molecule has 1 atom stereocenters. The van der Waals surface area contributed by atoms with Gasteiger partial charge in [-0.25, -0.2) is 4.98 Å². The molecular formula is C31H34N5O6P. The first-order valence-corrected chi connectivity index (χ1v) is 15.3. The van der Waals surface area contributed by atoms with Gasteiger partial charge in [0.15, 0.2) is 6.79 Å². The van der Waals surface area contributed by atoms with E-state index in [-0.39, 0.29) is 17.6 Å². The van der Waals surface area contributed by atoms with Crippen molar-refractivity contribution in [2.75, 3.05) is 52.7 Å². The largest absolute Gasteiger partial charge is 0.459 e. The monoisotopic (exact) mass is 603 g/mol. The molecule has 224 valence electrons. The smallest absolute Gasteiger partial charge is 0.330 e. The fourth-order valence-electron chi connectivity index (χ4n) is 5.18. The Bertz CT molecular complexity index is 1500. The average Bonchev–Trinajstić information content (AvgIpc) is 3.00. The number of aromatic amines is 1. The number of hydrogen-bond acceptors (Lipinski definition) is 10. The molecule has 12 heteroatoms. The number of hydrogen-bond donors (Lipinski definition) is 3. The van der Waals surface area contributed by atoms with Crippen molar-refractivity contribution in [3.05, 3.63) is 93.2 Å². The normalized spacial score (nSPS) is 16.6. The van der Waals surface area contributed by atoms with Crippen molar-refractivity contribution < 1.29 is 23.8 Å². The first kappa shape index (κ1) is 30.8. The van der Waals surface area contributed by atoms with Gasteiger partial charge in [0.25, 0.3) is 5.56 Å². The Morgan fingerprint density at radius 3 is 2.37 bits per heavy atom. The summed E-state index contributed by atoms with van der Waals surface area (Å²) in [5, 5.41) is 9.22. The first-order valence-electron chi connectivity index (χ1n) is 14.1. The fourth-order valence-corrected chi connectivity index (χ4v) is 5.33. The number of H-pyrrole nitrogens is 1. The van der Waals surface area contributed by atoms with E-state index >= 15 is 0 Å². The lowest BCUT2D eigenvalue weighted by Crippen LogP contribution is -2.47. The highest BCUT2D eigenvalue weighted by Gasteiger charge is 2.30. The summed E-state index contributed by atoms with van der Waals surface area (Å²) < 4.78 is 15.5. The molecule has 0 bridgehead atoms. The van der Waals surface area contributed by atoms with Crippen LogP contribution in [0.1, 0.15) is 33.9 Å². The third-order valence-electron chi connectivity index (χ3n) is 7.51. The molecule has 43 heavy (non-hydrogen) atoms. The number of morpholine rings is 1. The third kappa shape index (κ3) is 8.93. The van der Waals surface area contributed by atoms with Gasteiger partial charge in [-0.2, -0.15) is 5.26 Å². The molecule has 3 heterocycles. The van der Waals surface area contributed by atoms with Crippen molar-refractivity contribution in [2.24, 2.45) is 5.92 Å². The quantitative estimate of drug-likeness (QED) is 0.170. The Morgan fingerprint density at radius 2 is 1.72 bits per heavy atom. The van der Waals surface area contributed by atoms with E-state index < -0.39 is 21.0 Å². The van der Waals surface area contributed by atoms with Crippen LogP contribution in [0.15, 0.2) is 59.7 Å². The van der Waals surface area contributed by atoms with Crippen LogP contribution in [0.2, 0.25) is 0 Å². The van der Waals surface area contributed by atoms with Gasteiger partial charge in [-0.15, -0.1) is 0 Å². The van der Waals surface area contributed by atoms with E-state index in [1.807, 2.05) is 24.3 Å². The van der Waals surface area contributed by atoms with Gasteiger partial charge in [0.2, 0.25) is 5.75 Å². The molecule has 2 fully saturated rings. The highest BCUT2D eigenvalue weighted by molar-refractivity contribution is 7.39. The number of ether oxygens (including phenoxy) is 2. The second-order valence-electron chi connectivity index (χ2n) is 10.6. The van der Waals surface area contributed by atoms with Crippen LogP contribution in [0.4, 0.5) is 0 Å². The summed E-state index contributed by atoms with van der Waals surface area (Å²) in [6, 6.07) is 18.7. The second kappa shape index (κ2) is 15.2. The van der Waals surface area contributed by atoms with Crippen LogP contribution in [-0.2, 0) is 22.2 Å². The summed E-state index contributed by atoms with van der Waals surface area (Å²) >= 11 is 0. The van der Waals surface area contributed by atoms with Crippen LogP contribution >= 0.6 is 8.60 Å². The molecule has 2 aromatic carbocycles. The molecule has 0 spiro atoms. The molecule has 3 N–H and O–H groups in total. The van der Waals surface area contributed by atoms with E-state index in [4.69, 9.17) is 19.3 Å². The van der Waals surface area contributed by atoms with Crippen LogP contribution in [0.3, 0.4) is 0 Å². The van der Waals surface area contributed by atoms with Gasteiger partial charge < -0.3 is 29.1 Å². The molecular weight excluding hydrogens is 569 g/mol. The van der Waals surface area contributed by atoms with E-state index in [2.05, 4.69) is 66.5 Å². The van der Waals surface area contributed by atoms with Gasteiger partial charge in [-0.3, -0.25) is 14.2 Å². The van der Waals surface area contributed by atoms with Crippen molar-refractivity contribution in [1.82, 2.24) is 19.8 Å². The fraction of sp³-hybridized carbons (Fsp3) is 0.387. The number of nitriles is 1. The van der Waals surface area contributed by atoms with Crippen LogP contribution in [0, 0.1) is 29.1 Å². The lowest BCUT2D eigenvalue weighted by atomic mass is 9.90. The predicted molar refractivity (Wildman–Crippen MR) is 160 cm³/mol. The molecule has 0 saturated carbocycles. The molecule has 2 aliphatic heterocycles. The minimum absolute atomic E-state index is 0.0207. The van der Waals surface area contributed by atoms with Gasteiger partial charge in [-0.1, -0.05) is 36.1 Å². The summed E-state index contributed by atoms with van der Waals surface area (Å²) in [5.41, 5.74) is 4.07. The highest BCUT2D eigenvalue weighted by atomic mass is 31.2. The van der Waals surface area contributed by atoms with Gasteiger partial charge in [0.1, 0.15) is 0 Å². The summed E-state index contributed by atoms with van der Waals surface area (Å²) in [7, 11) is -2.62. The van der Waals surface area contributed by atoms with E-state index in [0.29, 0.717) is 31.7 Å². The number of nitrogens with one attached hydrogen (secondary N) is 1. The number of rotatable bonds is 11. The lowest BCUT2D eigenvalue weighted by Gasteiger charge is -2.37. The number of aromatic nitrogens is 2. The molecule has 11 nitrogen and oxygen atoms in total. The zero-order valence-electron chi connectivity index (χ0n) is 23.7. The minimum atomic E-state index is -2.62. The standard InChI is InChI=1S/C31H34N5O6P/c32-16-26-18-36(19-26)20-28(15-29-30(31(37)34-21-33-29)41-22-42-43(38)39)27-9-7-24(8-10-27)2-1-23-3-5-25(6-4-23)17-35-11-13-40-14-12-35/h3-10,21,26,28,38-39H,11-15,17-20,22H2,(H,33,34,37). The van der Waals surface area contributed by atoms with Crippen LogP contribution in [-0.4, -0.2) is 82.3 Å². The Morgan fingerprint density at radius 1 is 1.05 bits per heavy atom. The Balaban J connectivity index is 1.27. The van der Waals surface area contributed by atoms with E-state index in [0.717, 1.165) is 49.5 Å². The summed E-state index contributed by atoms with van der Waals surface area (Å²) in [5.74, 6) is 6.44. The molecule has 1 aromatic heterocycles.